The molecule has 1 aliphatic rings. The summed E-state index contributed by atoms with van der Waals surface area (Å²) in [7, 11) is 0. The number of hydrogen-bond acceptors (Lipinski definition) is 2. The molecule has 1 unspecified atom stereocenters. The molecule has 1 atom stereocenters. The Hall–Kier alpha value is -0.0800. The number of hydrogen-bond donors (Lipinski definition) is 2. The molecule has 78 valence electrons. The molecule has 2 N–H and O–H groups in total. The monoisotopic (exact) mass is 185 g/mol. The highest BCUT2D eigenvalue weighted by atomic mass is 16.3. The Labute approximate surface area is 81.7 Å². The van der Waals surface area contributed by atoms with Crippen molar-refractivity contribution in [3.63, 3.8) is 0 Å². The van der Waals surface area contributed by atoms with E-state index < -0.39 is 5.60 Å². The Morgan fingerprint density at radius 2 is 2.08 bits per heavy atom. The fourth-order valence-electron chi connectivity index (χ4n) is 1.50. The van der Waals surface area contributed by atoms with Gasteiger partial charge in [0.15, 0.2) is 0 Å². The van der Waals surface area contributed by atoms with E-state index in [4.69, 9.17) is 0 Å². The van der Waals surface area contributed by atoms with Crippen LogP contribution in [0.25, 0.3) is 0 Å². The van der Waals surface area contributed by atoms with Crippen LogP contribution >= 0.6 is 0 Å². The quantitative estimate of drug-likeness (QED) is 0.595. The molecule has 0 aromatic rings. The predicted molar refractivity (Wildman–Crippen MR) is 55.8 cm³/mol. The lowest BCUT2D eigenvalue weighted by Crippen LogP contribution is -2.38. The van der Waals surface area contributed by atoms with Crippen LogP contribution in [-0.4, -0.2) is 23.3 Å². The Balaban J connectivity index is 2.03. The minimum atomic E-state index is -0.488. The zero-order chi connectivity index (χ0) is 9.73. The molecular weight excluding hydrogens is 162 g/mol. The van der Waals surface area contributed by atoms with Crippen molar-refractivity contribution in [2.75, 3.05) is 6.54 Å². The lowest BCUT2D eigenvalue weighted by Gasteiger charge is -2.23. The highest BCUT2D eigenvalue weighted by Crippen LogP contribution is 2.20. The summed E-state index contributed by atoms with van der Waals surface area (Å²) in [5.41, 5.74) is -0.488. The summed E-state index contributed by atoms with van der Waals surface area (Å²) < 4.78 is 0. The van der Waals surface area contributed by atoms with E-state index in [2.05, 4.69) is 12.2 Å². The molecule has 13 heavy (non-hydrogen) atoms. The fraction of sp³-hybridized carbons (Fsp3) is 1.00. The van der Waals surface area contributed by atoms with Gasteiger partial charge in [-0.25, -0.2) is 0 Å². The Morgan fingerprint density at radius 3 is 2.62 bits per heavy atom. The zero-order valence-corrected chi connectivity index (χ0v) is 8.97. The summed E-state index contributed by atoms with van der Waals surface area (Å²) in [6.45, 7) is 4.90. The Kier molecular flexibility index (Phi) is 4.20. The van der Waals surface area contributed by atoms with E-state index in [1.54, 1.807) is 0 Å². The minimum Gasteiger partial charge on any atom is -0.389 e. The van der Waals surface area contributed by atoms with Crippen LogP contribution in [0.2, 0.25) is 0 Å². The average Bonchev–Trinajstić information content (AvgIpc) is 2.84. The second-order valence-electron chi connectivity index (χ2n) is 4.61. The molecule has 1 saturated carbocycles. The van der Waals surface area contributed by atoms with Crippen molar-refractivity contribution in [3.05, 3.63) is 0 Å². The van der Waals surface area contributed by atoms with Crippen LogP contribution in [0.1, 0.15) is 52.4 Å². The molecule has 0 amide bonds. The molecule has 1 fully saturated rings. The summed E-state index contributed by atoms with van der Waals surface area (Å²) in [5.74, 6) is 0. The zero-order valence-electron chi connectivity index (χ0n) is 8.97. The number of unbranched alkanes of at least 4 members (excludes halogenated alkanes) is 2. The lowest BCUT2D eigenvalue weighted by atomic mass is 9.98. The second kappa shape index (κ2) is 4.97. The summed E-state index contributed by atoms with van der Waals surface area (Å²) in [6.07, 6.45) is 7.14. The molecular formula is C11H23NO. The first kappa shape index (κ1) is 11.0. The summed E-state index contributed by atoms with van der Waals surface area (Å²) in [4.78, 5) is 0. The van der Waals surface area contributed by atoms with Gasteiger partial charge in [-0.1, -0.05) is 26.2 Å². The van der Waals surface area contributed by atoms with E-state index in [9.17, 15) is 5.11 Å². The molecule has 0 spiro atoms. The number of rotatable bonds is 7. The van der Waals surface area contributed by atoms with E-state index in [0.29, 0.717) is 6.04 Å². The van der Waals surface area contributed by atoms with Gasteiger partial charge in [0, 0.05) is 12.6 Å². The third-order valence-corrected chi connectivity index (χ3v) is 2.67. The molecule has 0 aromatic carbocycles. The minimum absolute atomic E-state index is 0.488. The second-order valence-corrected chi connectivity index (χ2v) is 4.61. The van der Waals surface area contributed by atoms with Crippen molar-refractivity contribution in [1.82, 2.24) is 5.32 Å². The SMILES string of the molecule is CCCCCC(C)(O)CNC1CC1. The molecule has 0 radical (unpaired) electrons. The van der Waals surface area contributed by atoms with Crippen LogP contribution in [0.5, 0.6) is 0 Å². The molecule has 0 aliphatic heterocycles. The van der Waals surface area contributed by atoms with Crippen LogP contribution in [0.15, 0.2) is 0 Å². The maximum absolute atomic E-state index is 9.96. The molecule has 0 aromatic heterocycles. The van der Waals surface area contributed by atoms with Gasteiger partial charge in [-0.15, -0.1) is 0 Å². The first-order valence-electron chi connectivity index (χ1n) is 5.60. The Morgan fingerprint density at radius 1 is 1.38 bits per heavy atom. The summed E-state index contributed by atoms with van der Waals surface area (Å²) in [6, 6.07) is 0.706. The largest absolute Gasteiger partial charge is 0.389 e. The molecule has 1 aliphatic carbocycles. The molecule has 2 nitrogen and oxygen atoms in total. The molecule has 2 heteroatoms. The van der Waals surface area contributed by atoms with Crippen LogP contribution in [0.4, 0.5) is 0 Å². The first-order valence-corrected chi connectivity index (χ1v) is 5.60. The summed E-state index contributed by atoms with van der Waals surface area (Å²) in [5, 5.41) is 13.3. The van der Waals surface area contributed by atoms with Crippen LogP contribution < -0.4 is 5.32 Å². The van der Waals surface area contributed by atoms with Crippen molar-refractivity contribution in [2.24, 2.45) is 0 Å². The van der Waals surface area contributed by atoms with Crippen LogP contribution in [0, 0.1) is 0 Å². The van der Waals surface area contributed by atoms with Gasteiger partial charge < -0.3 is 10.4 Å². The molecule has 0 heterocycles. The van der Waals surface area contributed by atoms with Crippen molar-refractivity contribution in [3.8, 4) is 0 Å². The van der Waals surface area contributed by atoms with Gasteiger partial charge in [0.1, 0.15) is 0 Å². The van der Waals surface area contributed by atoms with Crippen LogP contribution in [0.3, 0.4) is 0 Å². The fourth-order valence-corrected chi connectivity index (χ4v) is 1.50. The standard InChI is InChI=1S/C11H23NO/c1-3-4-5-8-11(2,13)9-12-10-6-7-10/h10,12-13H,3-9H2,1-2H3. The topological polar surface area (TPSA) is 32.3 Å². The summed E-state index contributed by atoms with van der Waals surface area (Å²) >= 11 is 0. The maximum Gasteiger partial charge on any atom is 0.0743 e. The number of aliphatic hydroxyl groups is 1. The Bertz CT molecular complexity index is 141. The van der Waals surface area contributed by atoms with Gasteiger partial charge in [-0.2, -0.15) is 0 Å². The van der Waals surface area contributed by atoms with Gasteiger partial charge >= 0.3 is 0 Å². The van der Waals surface area contributed by atoms with Gasteiger partial charge in [-0.05, 0) is 26.2 Å². The van der Waals surface area contributed by atoms with E-state index in [-0.39, 0.29) is 0 Å². The predicted octanol–water partition coefficient (Wildman–Crippen LogP) is 2.07. The van der Waals surface area contributed by atoms with E-state index >= 15 is 0 Å². The average molecular weight is 185 g/mol. The van der Waals surface area contributed by atoms with Crippen LogP contribution in [-0.2, 0) is 0 Å². The molecule has 1 rings (SSSR count). The third-order valence-electron chi connectivity index (χ3n) is 2.67. The van der Waals surface area contributed by atoms with E-state index in [1.165, 1.54) is 25.7 Å². The molecule has 0 saturated heterocycles. The smallest absolute Gasteiger partial charge is 0.0743 e. The molecule has 0 bridgehead atoms. The highest BCUT2D eigenvalue weighted by molar-refractivity contribution is 4.85. The third kappa shape index (κ3) is 5.27. The van der Waals surface area contributed by atoms with Crippen molar-refractivity contribution >= 4 is 0 Å². The van der Waals surface area contributed by atoms with Gasteiger partial charge in [0.25, 0.3) is 0 Å². The van der Waals surface area contributed by atoms with E-state index in [0.717, 1.165) is 19.4 Å². The number of nitrogens with one attached hydrogen (secondary N) is 1. The van der Waals surface area contributed by atoms with Crippen molar-refractivity contribution in [2.45, 2.75) is 64.0 Å². The van der Waals surface area contributed by atoms with Gasteiger partial charge in [-0.3, -0.25) is 0 Å². The normalized spacial score (nSPS) is 21.5. The first-order chi connectivity index (χ1) is 6.14. The lowest BCUT2D eigenvalue weighted by molar-refractivity contribution is 0.0478. The highest BCUT2D eigenvalue weighted by Gasteiger charge is 2.25. The maximum atomic E-state index is 9.96. The van der Waals surface area contributed by atoms with Crippen molar-refractivity contribution < 1.29 is 5.11 Å². The van der Waals surface area contributed by atoms with Crippen molar-refractivity contribution in [1.29, 1.82) is 0 Å². The van der Waals surface area contributed by atoms with Gasteiger partial charge in [0.2, 0.25) is 0 Å². The van der Waals surface area contributed by atoms with E-state index in [1.807, 2.05) is 6.92 Å². The van der Waals surface area contributed by atoms with Gasteiger partial charge in [0.05, 0.1) is 5.60 Å².